The molecule has 0 aliphatic carbocycles. The molecule has 6 nitrogen and oxygen atoms in total. The van der Waals surface area contributed by atoms with E-state index in [1.807, 2.05) is 0 Å². The summed E-state index contributed by atoms with van der Waals surface area (Å²) in [5.74, 6) is 0.669. The van der Waals surface area contributed by atoms with Crippen LogP contribution in [-0.4, -0.2) is 46.3 Å². The minimum absolute atomic E-state index is 0.00223. The van der Waals surface area contributed by atoms with Crippen LogP contribution in [0.25, 0.3) is 0 Å². The maximum atomic E-state index is 11.5. The van der Waals surface area contributed by atoms with Crippen molar-refractivity contribution in [2.24, 2.45) is 5.92 Å². The van der Waals surface area contributed by atoms with Crippen molar-refractivity contribution in [2.45, 2.75) is 26.2 Å². The first-order valence-electron chi connectivity index (χ1n) is 6.48. The summed E-state index contributed by atoms with van der Waals surface area (Å²) >= 11 is 0. The number of hydrogen-bond donors (Lipinski definition) is 3. The summed E-state index contributed by atoms with van der Waals surface area (Å²) in [6.45, 7) is 4.24. The Morgan fingerprint density at radius 2 is 2.17 bits per heavy atom. The Hall–Kier alpha value is -0.660. The van der Waals surface area contributed by atoms with Gasteiger partial charge in [-0.15, -0.1) is 0 Å². The van der Waals surface area contributed by atoms with Crippen LogP contribution in [0.15, 0.2) is 0 Å². The maximum Gasteiger partial charge on any atom is 0.220 e. The van der Waals surface area contributed by atoms with E-state index < -0.39 is 10.0 Å². The van der Waals surface area contributed by atoms with E-state index in [9.17, 15) is 13.2 Å². The summed E-state index contributed by atoms with van der Waals surface area (Å²) in [6, 6.07) is 0. The highest BCUT2D eigenvalue weighted by atomic mass is 32.2. The first-order valence-corrected chi connectivity index (χ1v) is 8.13. The second-order valence-corrected chi connectivity index (χ2v) is 6.64. The number of carbonyl (C=O) groups is 1. The van der Waals surface area contributed by atoms with Gasteiger partial charge in [-0.3, -0.25) is 4.79 Å². The molecule has 1 atom stereocenters. The smallest absolute Gasteiger partial charge is 0.220 e. The molecule has 0 spiro atoms. The van der Waals surface area contributed by atoms with E-state index in [-0.39, 0.29) is 18.2 Å². The lowest BCUT2D eigenvalue weighted by Gasteiger charge is -2.09. The molecule has 1 aliphatic rings. The van der Waals surface area contributed by atoms with Crippen LogP contribution < -0.4 is 15.4 Å². The van der Waals surface area contributed by atoms with E-state index in [4.69, 9.17) is 0 Å². The van der Waals surface area contributed by atoms with Crippen LogP contribution in [0.5, 0.6) is 0 Å². The van der Waals surface area contributed by atoms with E-state index >= 15 is 0 Å². The third-order valence-electron chi connectivity index (χ3n) is 3.09. The monoisotopic (exact) mass is 277 g/mol. The van der Waals surface area contributed by atoms with Crippen molar-refractivity contribution in [1.82, 2.24) is 15.4 Å². The quantitative estimate of drug-likeness (QED) is 0.519. The van der Waals surface area contributed by atoms with Crippen molar-refractivity contribution in [3.05, 3.63) is 0 Å². The molecule has 3 N–H and O–H groups in total. The SMILES string of the molecule is CCS(=O)(=O)NCCNC(=O)CCC1CCNC1. The first kappa shape index (κ1) is 15.4. The molecule has 0 bridgehead atoms. The molecule has 0 aromatic heterocycles. The molecule has 0 saturated carbocycles. The summed E-state index contributed by atoms with van der Waals surface area (Å²) in [4.78, 5) is 11.5. The van der Waals surface area contributed by atoms with Gasteiger partial charge in [0, 0.05) is 19.5 Å². The fourth-order valence-electron chi connectivity index (χ4n) is 1.89. The molecule has 1 unspecified atom stereocenters. The van der Waals surface area contributed by atoms with Crippen molar-refractivity contribution in [2.75, 3.05) is 31.9 Å². The van der Waals surface area contributed by atoms with Crippen LogP contribution in [0, 0.1) is 5.92 Å². The summed E-state index contributed by atoms with van der Waals surface area (Å²) < 4.78 is 24.6. The van der Waals surface area contributed by atoms with Crippen LogP contribution in [0.3, 0.4) is 0 Å². The maximum absolute atomic E-state index is 11.5. The van der Waals surface area contributed by atoms with E-state index in [0.717, 1.165) is 25.9 Å². The Bertz CT molecular complexity index is 351. The third kappa shape index (κ3) is 6.32. The van der Waals surface area contributed by atoms with Crippen LogP contribution in [0.2, 0.25) is 0 Å². The summed E-state index contributed by atoms with van der Waals surface area (Å²) in [7, 11) is -3.15. The van der Waals surface area contributed by atoms with Gasteiger partial charge in [-0.1, -0.05) is 0 Å². The Kier molecular flexibility index (Phi) is 6.59. The zero-order valence-corrected chi connectivity index (χ0v) is 11.7. The van der Waals surface area contributed by atoms with E-state index in [2.05, 4.69) is 15.4 Å². The average molecular weight is 277 g/mol. The number of nitrogens with one attached hydrogen (secondary N) is 3. The van der Waals surface area contributed by atoms with E-state index in [0.29, 0.717) is 18.9 Å². The highest BCUT2D eigenvalue weighted by Gasteiger charge is 2.15. The minimum atomic E-state index is -3.15. The lowest BCUT2D eigenvalue weighted by Crippen LogP contribution is -2.35. The lowest BCUT2D eigenvalue weighted by atomic mass is 10.0. The zero-order chi connectivity index (χ0) is 13.4. The fraction of sp³-hybridized carbons (Fsp3) is 0.909. The van der Waals surface area contributed by atoms with Crippen molar-refractivity contribution in [3.8, 4) is 0 Å². The van der Waals surface area contributed by atoms with E-state index in [1.54, 1.807) is 6.92 Å². The second-order valence-electron chi connectivity index (χ2n) is 4.55. The molecule has 1 aliphatic heterocycles. The molecule has 0 radical (unpaired) electrons. The van der Waals surface area contributed by atoms with Crippen molar-refractivity contribution in [1.29, 1.82) is 0 Å². The molecule has 7 heteroatoms. The molecular formula is C11H23N3O3S. The van der Waals surface area contributed by atoms with Crippen LogP contribution in [0.1, 0.15) is 26.2 Å². The highest BCUT2D eigenvalue weighted by Crippen LogP contribution is 2.13. The number of amides is 1. The number of rotatable bonds is 8. The number of sulfonamides is 1. The molecule has 0 aromatic rings. The van der Waals surface area contributed by atoms with Crippen molar-refractivity contribution in [3.63, 3.8) is 0 Å². The van der Waals surface area contributed by atoms with Gasteiger partial charge >= 0.3 is 0 Å². The number of hydrogen-bond acceptors (Lipinski definition) is 4. The van der Waals surface area contributed by atoms with Gasteiger partial charge in [0.2, 0.25) is 15.9 Å². The molecule has 1 saturated heterocycles. The van der Waals surface area contributed by atoms with Crippen LogP contribution in [0.4, 0.5) is 0 Å². The van der Waals surface area contributed by atoms with Gasteiger partial charge in [0.25, 0.3) is 0 Å². The lowest BCUT2D eigenvalue weighted by molar-refractivity contribution is -0.121. The first-order chi connectivity index (χ1) is 8.53. The predicted molar refractivity (Wildman–Crippen MR) is 70.7 cm³/mol. The molecule has 1 amide bonds. The fourth-order valence-corrected chi connectivity index (χ4v) is 2.51. The Balaban J connectivity index is 2.03. The van der Waals surface area contributed by atoms with Gasteiger partial charge in [-0.05, 0) is 38.8 Å². The zero-order valence-electron chi connectivity index (χ0n) is 10.9. The van der Waals surface area contributed by atoms with Gasteiger partial charge < -0.3 is 10.6 Å². The van der Waals surface area contributed by atoms with Gasteiger partial charge in [0.15, 0.2) is 0 Å². The number of carbonyl (C=O) groups excluding carboxylic acids is 1. The molecular weight excluding hydrogens is 254 g/mol. The summed E-state index contributed by atoms with van der Waals surface area (Å²) in [5, 5.41) is 5.98. The van der Waals surface area contributed by atoms with Gasteiger partial charge in [-0.2, -0.15) is 0 Å². The molecule has 1 fully saturated rings. The molecule has 0 aromatic carbocycles. The van der Waals surface area contributed by atoms with Gasteiger partial charge in [0.1, 0.15) is 0 Å². The Labute approximate surface area is 109 Å². The van der Waals surface area contributed by atoms with Gasteiger partial charge in [0.05, 0.1) is 5.75 Å². The van der Waals surface area contributed by atoms with Crippen LogP contribution >= 0.6 is 0 Å². The van der Waals surface area contributed by atoms with Gasteiger partial charge in [-0.25, -0.2) is 13.1 Å². The van der Waals surface area contributed by atoms with Crippen molar-refractivity contribution < 1.29 is 13.2 Å². The van der Waals surface area contributed by atoms with Crippen LogP contribution in [-0.2, 0) is 14.8 Å². The second kappa shape index (κ2) is 7.70. The Morgan fingerprint density at radius 3 is 2.78 bits per heavy atom. The molecule has 1 heterocycles. The average Bonchev–Trinajstić information content (AvgIpc) is 2.85. The standard InChI is InChI=1S/C11H23N3O3S/c1-2-18(16,17)14-8-7-13-11(15)4-3-10-5-6-12-9-10/h10,12,14H,2-9H2,1H3,(H,13,15). The summed E-state index contributed by atoms with van der Waals surface area (Å²) in [6.07, 6.45) is 2.57. The van der Waals surface area contributed by atoms with E-state index in [1.165, 1.54) is 0 Å². The Morgan fingerprint density at radius 1 is 1.39 bits per heavy atom. The molecule has 1 rings (SSSR count). The molecule has 106 valence electrons. The predicted octanol–water partition coefficient (Wildman–Crippen LogP) is -0.568. The largest absolute Gasteiger partial charge is 0.355 e. The molecule has 18 heavy (non-hydrogen) atoms. The topological polar surface area (TPSA) is 87.3 Å². The third-order valence-corrected chi connectivity index (χ3v) is 4.50. The normalized spacial score (nSPS) is 19.9. The highest BCUT2D eigenvalue weighted by molar-refractivity contribution is 7.89. The van der Waals surface area contributed by atoms with Crippen molar-refractivity contribution >= 4 is 15.9 Å². The minimum Gasteiger partial charge on any atom is -0.355 e. The summed E-state index contributed by atoms with van der Waals surface area (Å²) in [5.41, 5.74) is 0.